The molecular weight excluding hydrogens is 366 g/mol. The van der Waals surface area contributed by atoms with Gasteiger partial charge in [-0.15, -0.1) is 12.4 Å². The van der Waals surface area contributed by atoms with Crippen LogP contribution in [0.3, 0.4) is 0 Å². The smallest absolute Gasteiger partial charge is 0.224 e. The molecule has 150 valence electrons. The molecule has 2 atom stereocenters. The van der Waals surface area contributed by atoms with Crippen molar-refractivity contribution in [2.75, 3.05) is 18.5 Å². The van der Waals surface area contributed by atoms with E-state index >= 15 is 0 Å². The average Bonchev–Trinajstić information content (AvgIpc) is 2.65. The van der Waals surface area contributed by atoms with Gasteiger partial charge in [-0.3, -0.25) is 9.59 Å². The Kier molecular flexibility index (Phi) is 8.38. The van der Waals surface area contributed by atoms with Gasteiger partial charge in [0.15, 0.2) is 0 Å². The number of hydrogen-bond donors (Lipinski definition) is 3. The number of carbonyl (C=O) groups excluding carboxylic acids is 2. The summed E-state index contributed by atoms with van der Waals surface area (Å²) in [6.07, 6.45) is 6.94. The largest absolute Gasteiger partial charge is 0.494 e. The second-order valence-electron chi connectivity index (χ2n) is 7.27. The fourth-order valence-corrected chi connectivity index (χ4v) is 3.83. The zero-order valence-electron chi connectivity index (χ0n) is 15.7. The van der Waals surface area contributed by atoms with Crippen molar-refractivity contribution in [3.63, 3.8) is 0 Å². The van der Waals surface area contributed by atoms with E-state index < -0.39 is 0 Å². The van der Waals surface area contributed by atoms with E-state index in [0.717, 1.165) is 36.3 Å². The number of aryl methyl sites for hydroxylation is 1. The first kappa shape index (κ1) is 21.5. The molecular formula is C20H30ClN3O3. The summed E-state index contributed by atoms with van der Waals surface area (Å²) in [4.78, 5) is 23.5. The first-order valence-electron chi connectivity index (χ1n) is 9.70. The van der Waals surface area contributed by atoms with Crippen molar-refractivity contribution in [3.05, 3.63) is 23.8 Å². The van der Waals surface area contributed by atoms with Gasteiger partial charge in [0.1, 0.15) is 5.75 Å². The minimum Gasteiger partial charge on any atom is -0.494 e. The number of hydrogen-bond acceptors (Lipinski definition) is 4. The van der Waals surface area contributed by atoms with Crippen LogP contribution in [0.1, 0.15) is 50.5 Å². The molecule has 1 aliphatic heterocycles. The highest BCUT2D eigenvalue weighted by Crippen LogP contribution is 2.27. The fraction of sp³-hybridized carbons (Fsp3) is 0.600. The maximum absolute atomic E-state index is 12.2. The van der Waals surface area contributed by atoms with E-state index in [0.29, 0.717) is 38.3 Å². The third-order valence-electron chi connectivity index (χ3n) is 5.35. The minimum atomic E-state index is 0. The number of fused-ring (bicyclic) bond motifs is 1. The van der Waals surface area contributed by atoms with Crippen LogP contribution in [0.4, 0.5) is 5.69 Å². The number of benzene rings is 1. The fourth-order valence-electron chi connectivity index (χ4n) is 3.83. The quantitative estimate of drug-likeness (QED) is 0.619. The van der Waals surface area contributed by atoms with Crippen LogP contribution in [0.2, 0.25) is 0 Å². The van der Waals surface area contributed by atoms with Crippen molar-refractivity contribution < 1.29 is 14.3 Å². The second kappa shape index (κ2) is 10.5. The molecule has 2 unspecified atom stereocenters. The summed E-state index contributed by atoms with van der Waals surface area (Å²) >= 11 is 0. The molecule has 2 amide bonds. The van der Waals surface area contributed by atoms with Gasteiger partial charge in [0, 0.05) is 24.6 Å². The first-order valence-corrected chi connectivity index (χ1v) is 9.70. The number of amides is 2. The van der Waals surface area contributed by atoms with E-state index in [-0.39, 0.29) is 30.3 Å². The molecule has 0 radical (unpaired) electrons. The van der Waals surface area contributed by atoms with Crippen molar-refractivity contribution in [1.82, 2.24) is 5.32 Å². The molecule has 1 saturated carbocycles. The Morgan fingerprint density at radius 1 is 1.26 bits per heavy atom. The van der Waals surface area contributed by atoms with Crippen LogP contribution in [-0.4, -0.2) is 31.0 Å². The van der Waals surface area contributed by atoms with Gasteiger partial charge in [-0.1, -0.05) is 12.8 Å². The maximum Gasteiger partial charge on any atom is 0.224 e. The molecule has 6 nitrogen and oxygen atoms in total. The van der Waals surface area contributed by atoms with Crippen LogP contribution in [-0.2, 0) is 16.0 Å². The Bertz CT molecular complexity index is 653. The number of carbonyl (C=O) groups is 2. The molecule has 7 heteroatoms. The first-order chi connectivity index (χ1) is 12.7. The van der Waals surface area contributed by atoms with E-state index in [4.69, 9.17) is 10.5 Å². The van der Waals surface area contributed by atoms with Gasteiger partial charge in [0.2, 0.25) is 11.8 Å². The van der Waals surface area contributed by atoms with E-state index in [1.807, 2.05) is 18.2 Å². The predicted molar refractivity (Wildman–Crippen MR) is 108 cm³/mol. The second-order valence-corrected chi connectivity index (χ2v) is 7.27. The lowest BCUT2D eigenvalue weighted by Crippen LogP contribution is -2.44. The summed E-state index contributed by atoms with van der Waals surface area (Å²) < 4.78 is 5.77. The Morgan fingerprint density at radius 2 is 2.07 bits per heavy atom. The van der Waals surface area contributed by atoms with Gasteiger partial charge in [-0.2, -0.15) is 0 Å². The minimum absolute atomic E-state index is 0. The third-order valence-corrected chi connectivity index (χ3v) is 5.35. The molecule has 1 aromatic rings. The van der Waals surface area contributed by atoms with Crippen LogP contribution in [0.25, 0.3) is 0 Å². The van der Waals surface area contributed by atoms with Crippen molar-refractivity contribution in [2.24, 2.45) is 11.7 Å². The van der Waals surface area contributed by atoms with E-state index in [9.17, 15) is 9.59 Å². The Hall–Kier alpha value is -1.79. The van der Waals surface area contributed by atoms with Gasteiger partial charge < -0.3 is 21.1 Å². The van der Waals surface area contributed by atoms with Crippen LogP contribution in [0, 0.1) is 5.92 Å². The zero-order chi connectivity index (χ0) is 18.4. The molecule has 0 aromatic heterocycles. The number of anilines is 1. The maximum atomic E-state index is 12.2. The summed E-state index contributed by atoms with van der Waals surface area (Å²) in [5, 5.41) is 6.01. The lowest BCUT2D eigenvalue weighted by Gasteiger charge is -2.31. The Morgan fingerprint density at radius 3 is 2.89 bits per heavy atom. The summed E-state index contributed by atoms with van der Waals surface area (Å²) in [6, 6.07) is 5.95. The SMILES string of the molecule is Cl.NCC1CCCCC1NC(=O)CCCOc1ccc2c(c1)CCC(=O)N2. The molecule has 1 heterocycles. The molecule has 3 rings (SSSR count). The van der Waals surface area contributed by atoms with Gasteiger partial charge in [-0.05, 0) is 61.9 Å². The summed E-state index contributed by atoms with van der Waals surface area (Å²) in [5.74, 6) is 1.36. The lowest BCUT2D eigenvalue weighted by molar-refractivity contribution is -0.122. The summed E-state index contributed by atoms with van der Waals surface area (Å²) in [7, 11) is 0. The molecule has 0 bridgehead atoms. The van der Waals surface area contributed by atoms with E-state index in [1.54, 1.807) is 0 Å². The van der Waals surface area contributed by atoms with Crippen molar-refractivity contribution in [3.8, 4) is 5.75 Å². The Labute approximate surface area is 167 Å². The molecule has 1 aromatic carbocycles. The standard InChI is InChI=1S/C20H29N3O3.ClH/c21-13-15-4-1-2-5-17(15)22-19(24)6-3-11-26-16-8-9-18-14(12-16)7-10-20(25)23-18;/h8-9,12,15,17H,1-7,10-11,13,21H2,(H,22,24)(H,23,25);1H. The van der Waals surface area contributed by atoms with Crippen molar-refractivity contribution >= 4 is 29.9 Å². The van der Waals surface area contributed by atoms with Crippen molar-refractivity contribution in [2.45, 2.75) is 57.4 Å². The van der Waals surface area contributed by atoms with Crippen LogP contribution in [0.15, 0.2) is 18.2 Å². The molecule has 1 fully saturated rings. The van der Waals surface area contributed by atoms with E-state index in [2.05, 4.69) is 10.6 Å². The monoisotopic (exact) mass is 395 g/mol. The predicted octanol–water partition coefficient (Wildman–Crippen LogP) is 2.79. The highest BCUT2D eigenvalue weighted by molar-refractivity contribution is 5.94. The highest BCUT2D eigenvalue weighted by atomic mass is 35.5. The highest BCUT2D eigenvalue weighted by Gasteiger charge is 2.25. The van der Waals surface area contributed by atoms with Gasteiger partial charge >= 0.3 is 0 Å². The molecule has 1 aliphatic carbocycles. The number of rotatable bonds is 7. The number of halogens is 1. The van der Waals surface area contributed by atoms with E-state index in [1.165, 1.54) is 12.8 Å². The number of nitrogens with one attached hydrogen (secondary N) is 2. The third kappa shape index (κ3) is 6.11. The summed E-state index contributed by atoms with van der Waals surface area (Å²) in [6.45, 7) is 1.15. The molecule has 0 saturated heterocycles. The zero-order valence-corrected chi connectivity index (χ0v) is 16.5. The summed E-state index contributed by atoms with van der Waals surface area (Å²) in [5.41, 5.74) is 7.79. The number of ether oxygens (including phenoxy) is 1. The van der Waals surface area contributed by atoms with Crippen LogP contribution < -0.4 is 21.1 Å². The van der Waals surface area contributed by atoms with Crippen molar-refractivity contribution in [1.29, 1.82) is 0 Å². The average molecular weight is 396 g/mol. The molecule has 4 N–H and O–H groups in total. The Balaban J connectivity index is 0.00000261. The van der Waals surface area contributed by atoms with Gasteiger partial charge in [0.05, 0.1) is 6.61 Å². The normalized spacial score (nSPS) is 21.4. The van der Waals surface area contributed by atoms with Crippen LogP contribution >= 0.6 is 12.4 Å². The molecule has 0 spiro atoms. The number of nitrogens with two attached hydrogens (primary N) is 1. The molecule has 27 heavy (non-hydrogen) atoms. The molecule has 2 aliphatic rings. The topological polar surface area (TPSA) is 93.4 Å². The van der Waals surface area contributed by atoms with Gasteiger partial charge in [-0.25, -0.2) is 0 Å². The van der Waals surface area contributed by atoms with Gasteiger partial charge in [0.25, 0.3) is 0 Å². The van der Waals surface area contributed by atoms with Crippen LogP contribution in [0.5, 0.6) is 5.75 Å². The lowest BCUT2D eigenvalue weighted by atomic mass is 9.84.